The smallest absolute Gasteiger partial charge is 0.274 e. The number of likely N-dealkylation sites (N-methyl/N-ethyl adjacent to an activating group) is 1. The molecule has 1 aromatic heterocycles. The largest absolute Gasteiger partial charge is 0.369 e. The first-order valence-corrected chi connectivity index (χ1v) is 10.7. The molecule has 2 aliphatic rings. The van der Waals surface area contributed by atoms with Crippen LogP contribution in [0.1, 0.15) is 34.9 Å². The number of rotatable bonds is 5. The van der Waals surface area contributed by atoms with Crippen molar-refractivity contribution in [2.45, 2.75) is 18.8 Å². The van der Waals surface area contributed by atoms with Gasteiger partial charge in [0.25, 0.3) is 5.91 Å². The summed E-state index contributed by atoms with van der Waals surface area (Å²) in [6.07, 6.45) is 2.31. The highest BCUT2D eigenvalue weighted by Crippen LogP contribution is 2.39. The summed E-state index contributed by atoms with van der Waals surface area (Å²) in [6.45, 7) is 4.21. The fourth-order valence-electron chi connectivity index (χ4n) is 3.92. The average molecular weight is 402 g/mol. The number of hydrogen-bond acceptors (Lipinski definition) is 4. The number of hydrogen-bond donors (Lipinski definition) is 1. The Balaban J connectivity index is 1.34. The molecule has 0 spiro atoms. The van der Waals surface area contributed by atoms with Crippen molar-refractivity contribution >= 4 is 17.3 Å². The molecule has 1 saturated heterocycles. The Morgan fingerprint density at radius 1 is 0.933 bits per heavy atom. The first kappa shape index (κ1) is 18.9. The molecule has 0 unspecified atom stereocenters. The standard InChI is InChI=1S/C24H27N5O/c1-27-13-15-28(16-14-27)20-11-9-19(10-12-20)25-24(30)23-17-22(18-7-8-18)26-29(23)21-5-3-2-4-6-21/h2-6,9-12,17-18H,7-8,13-16H2,1H3,(H,25,30). The van der Waals surface area contributed by atoms with Crippen LogP contribution in [0.3, 0.4) is 0 Å². The summed E-state index contributed by atoms with van der Waals surface area (Å²) in [6, 6.07) is 19.9. The van der Waals surface area contributed by atoms with Crippen molar-refractivity contribution in [3.05, 3.63) is 72.1 Å². The van der Waals surface area contributed by atoms with Crippen molar-refractivity contribution in [1.29, 1.82) is 0 Å². The fourth-order valence-corrected chi connectivity index (χ4v) is 3.92. The number of piperazine rings is 1. The van der Waals surface area contributed by atoms with Crippen LogP contribution in [0.5, 0.6) is 0 Å². The normalized spacial score (nSPS) is 17.2. The summed E-state index contributed by atoms with van der Waals surface area (Å²) in [5.41, 5.74) is 4.48. The minimum atomic E-state index is -0.134. The van der Waals surface area contributed by atoms with Gasteiger partial charge in [-0.3, -0.25) is 4.79 Å². The van der Waals surface area contributed by atoms with Gasteiger partial charge in [-0.25, -0.2) is 4.68 Å². The Labute approximate surface area is 177 Å². The molecule has 1 saturated carbocycles. The minimum absolute atomic E-state index is 0.134. The predicted octanol–water partition coefficient (Wildman–Crippen LogP) is 3.75. The highest BCUT2D eigenvalue weighted by Gasteiger charge is 2.29. The van der Waals surface area contributed by atoms with E-state index in [4.69, 9.17) is 5.10 Å². The van der Waals surface area contributed by atoms with Crippen LogP contribution in [-0.2, 0) is 0 Å². The van der Waals surface area contributed by atoms with Crippen LogP contribution < -0.4 is 10.2 Å². The molecule has 1 amide bonds. The van der Waals surface area contributed by atoms with Gasteiger partial charge in [-0.15, -0.1) is 0 Å². The Bertz CT molecular complexity index is 1020. The van der Waals surface area contributed by atoms with Crippen LogP contribution >= 0.6 is 0 Å². The van der Waals surface area contributed by atoms with Gasteiger partial charge in [-0.05, 0) is 62.4 Å². The van der Waals surface area contributed by atoms with Gasteiger partial charge in [-0.2, -0.15) is 5.10 Å². The first-order valence-electron chi connectivity index (χ1n) is 10.7. The number of carbonyl (C=O) groups excluding carboxylic acids is 1. The van der Waals surface area contributed by atoms with E-state index in [9.17, 15) is 4.79 Å². The number of para-hydroxylation sites is 1. The molecule has 3 aromatic rings. The lowest BCUT2D eigenvalue weighted by Crippen LogP contribution is -2.44. The molecule has 154 valence electrons. The molecule has 1 aliphatic carbocycles. The summed E-state index contributed by atoms with van der Waals surface area (Å²) in [5.74, 6) is 0.356. The summed E-state index contributed by atoms with van der Waals surface area (Å²) in [5, 5.41) is 7.78. The maximum atomic E-state index is 13.1. The quantitative estimate of drug-likeness (QED) is 0.707. The lowest BCUT2D eigenvalue weighted by Gasteiger charge is -2.34. The molecular weight excluding hydrogens is 374 g/mol. The lowest BCUT2D eigenvalue weighted by atomic mass is 10.2. The van der Waals surface area contributed by atoms with E-state index in [1.807, 2.05) is 48.5 Å². The molecular formula is C24H27N5O. The Morgan fingerprint density at radius 3 is 2.30 bits per heavy atom. The highest BCUT2D eigenvalue weighted by atomic mass is 16.2. The molecule has 0 atom stereocenters. The van der Waals surface area contributed by atoms with Crippen molar-refractivity contribution in [2.75, 3.05) is 43.4 Å². The van der Waals surface area contributed by atoms with E-state index in [1.54, 1.807) is 4.68 Å². The SMILES string of the molecule is CN1CCN(c2ccc(NC(=O)c3cc(C4CC4)nn3-c3ccccc3)cc2)CC1. The third-order valence-electron chi connectivity index (χ3n) is 5.95. The fraction of sp³-hybridized carbons (Fsp3) is 0.333. The molecule has 6 heteroatoms. The molecule has 2 fully saturated rings. The zero-order chi connectivity index (χ0) is 20.5. The van der Waals surface area contributed by atoms with Crippen molar-refractivity contribution in [2.24, 2.45) is 0 Å². The van der Waals surface area contributed by atoms with Gasteiger partial charge >= 0.3 is 0 Å². The Kier molecular flexibility index (Phi) is 5.01. The van der Waals surface area contributed by atoms with E-state index in [1.165, 1.54) is 5.69 Å². The zero-order valence-corrected chi connectivity index (χ0v) is 17.3. The summed E-state index contributed by atoms with van der Waals surface area (Å²) in [7, 11) is 2.16. The number of carbonyl (C=O) groups is 1. The molecule has 1 aliphatic heterocycles. The van der Waals surface area contributed by atoms with Crippen molar-refractivity contribution < 1.29 is 4.79 Å². The maximum Gasteiger partial charge on any atom is 0.274 e. The van der Waals surface area contributed by atoms with Gasteiger partial charge in [0, 0.05) is 43.5 Å². The van der Waals surface area contributed by atoms with Gasteiger partial charge in [-0.1, -0.05) is 18.2 Å². The monoisotopic (exact) mass is 401 g/mol. The second-order valence-corrected chi connectivity index (χ2v) is 8.27. The molecule has 2 aromatic carbocycles. The van der Waals surface area contributed by atoms with E-state index >= 15 is 0 Å². The van der Waals surface area contributed by atoms with Gasteiger partial charge in [0.05, 0.1) is 11.4 Å². The van der Waals surface area contributed by atoms with Gasteiger partial charge in [0.2, 0.25) is 0 Å². The maximum absolute atomic E-state index is 13.1. The number of anilines is 2. The van der Waals surface area contributed by atoms with Gasteiger partial charge in [0.15, 0.2) is 0 Å². The molecule has 0 radical (unpaired) electrons. The van der Waals surface area contributed by atoms with Crippen LogP contribution in [0.4, 0.5) is 11.4 Å². The topological polar surface area (TPSA) is 53.4 Å². The second kappa shape index (κ2) is 7.95. The van der Waals surface area contributed by atoms with Crippen LogP contribution in [-0.4, -0.2) is 53.8 Å². The molecule has 2 heterocycles. The van der Waals surface area contributed by atoms with Crippen LogP contribution in [0, 0.1) is 0 Å². The van der Waals surface area contributed by atoms with Gasteiger partial charge in [0.1, 0.15) is 5.69 Å². The number of amides is 1. The summed E-state index contributed by atoms with van der Waals surface area (Å²) < 4.78 is 1.77. The van der Waals surface area contributed by atoms with Gasteiger partial charge < -0.3 is 15.1 Å². The first-order chi connectivity index (χ1) is 14.7. The Morgan fingerprint density at radius 2 is 1.63 bits per heavy atom. The second-order valence-electron chi connectivity index (χ2n) is 8.27. The van der Waals surface area contributed by atoms with E-state index in [2.05, 4.69) is 34.3 Å². The number of aromatic nitrogens is 2. The van der Waals surface area contributed by atoms with Crippen LogP contribution in [0.2, 0.25) is 0 Å². The zero-order valence-electron chi connectivity index (χ0n) is 17.3. The van der Waals surface area contributed by atoms with E-state index < -0.39 is 0 Å². The van der Waals surface area contributed by atoms with Crippen LogP contribution in [0.15, 0.2) is 60.7 Å². The van der Waals surface area contributed by atoms with E-state index in [0.29, 0.717) is 11.6 Å². The predicted molar refractivity (Wildman–Crippen MR) is 120 cm³/mol. The number of benzene rings is 2. The average Bonchev–Trinajstić information content (AvgIpc) is 3.53. The van der Waals surface area contributed by atoms with E-state index in [-0.39, 0.29) is 5.91 Å². The highest BCUT2D eigenvalue weighted by molar-refractivity contribution is 6.03. The van der Waals surface area contributed by atoms with Crippen molar-refractivity contribution in [3.8, 4) is 5.69 Å². The third-order valence-corrected chi connectivity index (χ3v) is 5.95. The molecule has 6 nitrogen and oxygen atoms in total. The molecule has 0 bridgehead atoms. The number of nitrogens with zero attached hydrogens (tertiary/aromatic N) is 4. The lowest BCUT2D eigenvalue weighted by molar-refractivity contribution is 0.101. The minimum Gasteiger partial charge on any atom is -0.369 e. The molecule has 5 rings (SSSR count). The third kappa shape index (κ3) is 3.96. The molecule has 1 N–H and O–H groups in total. The summed E-state index contributed by atoms with van der Waals surface area (Å²) >= 11 is 0. The summed E-state index contributed by atoms with van der Waals surface area (Å²) in [4.78, 5) is 17.8. The van der Waals surface area contributed by atoms with E-state index in [0.717, 1.165) is 56.1 Å². The van der Waals surface area contributed by atoms with Crippen molar-refractivity contribution in [1.82, 2.24) is 14.7 Å². The number of nitrogens with one attached hydrogen (secondary N) is 1. The molecule has 30 heavy (non-hydrogen) atoms. The Hall–Kier alpha value is -3.12. The van der Waals surface area contributed by atoms with Crippen molar-refractivity contribution in [3.63, 3.8) is 0 Å². The van der Waals surface area contributed by atoms with Crippen LogP contribution in [0.25, 0.3) is 5.69 Å².